The Bertz CT molecular complexity index is 1030. The molecular formula is C25H35N3O2S. The average molecular weight is 442 g/mol. The molecule has 0 bridgehead atoms. The Morgan fingerprint density at radius 1 is 1.03 bits per heavy atom. The normalized spacial score (nSPS) is 26.6. The van der Waals surface area contributed by atoms with Gasteiger partial charge in [-0.2, -0.15) is 0 Å². The number of para-hydroxylation sites is 2. The fourth-order valence-corrected chi connectivity index (χ4v) is 6.35. The first-order valence-electron chi connectivity index (χ1n) is 11.2. The summed E-state index contributed by atoms with van der Waals surface area (Å²) in [7, 11) is 0. The Morgan fingerprint density at radius 3 is 2.58 bits per heavy atom. The molecule has 0 spiro atoms. The molecule has 31 heavy (non-hydrogen) atoms. The van der Waals surface area contributed by atoms with Crippen LogP contribution in [0.1, 0.15) is 51.8 Å². The van der Waals surface area contributed by atoms with Gasteiger partial charge in [-0.3, -0.25) is 0 Å². The monoisotopic (exact) mass is 441 g/mol. The van der Waals surface area contributed by atoms with Gasteiger partial charge in [-0.05, 0) is 55.9 Å². The minimum absolute atomic E-state index is 0. The molecule has 1 aromatic heterocycles. The minimum atomic E-state index is 0. The fourth-order valence-electron chi connectivity index (χ4n) is 5.48. The van der Waals surface area contributed by atoms with Crippen molar-refractivity contribution >= 4 is 22.8 Å². The number of benzene rings is 2. The summed E-state index contributed by atoms with van der Waals surface area (Å²) in [4.78, 5) is 6.41. The maximum absolute atomic E-state index is 5.06. The molecule has 3 atom stereocenters. The van der Waals surface area contributed by atoms with Crippen molar-refractivity contribution in [3.8, 4) is 0 Å². The first-order chi connectivity index (χ1) is 14.3. The van der Waals surface area contributed by atoms with Gasteiger partial charge in [0.15, 0.2) is 0 Å². The van der Waals surface area contributed by atoms with Gasteiger partial charge in [-0.15, -0.1) is 11.8 Å². The van der Waals surface area contributed by atoms with Gasteiger partial charge in [0.25, 0.3) is 0 Å². The van der Waals surface area contributed by atoms with Crippen LogP contribution in [0.15, 0.2) is 59.5 Å². The molecule has 2 aromatic carbocycles. The molecule has 1 saturated heterocycles. The predicted octanol–water partition coefficient (Wildman–Crippen LogP) is 4.20. The highest BCUT2D eigenvalue weighted by molar-refractivity contribution is 7.99. The van der Waals surface area contributed by atoms with Crippen molar-refractivity contribution in [2.45, 2.75) is 67.5 Å². The Kier molecular flexibility index (Phi) is 6.44. The predicted molar refractivity (Wildman–Crippen MR) is 130 cm³/mol. The maximum Gasteiger partial charge on any atom is 0.110 e. The molecule has 0 radical (unpaired) electrons. The molecule has 3 fully saturated rings. The molecular weight excluding hydrogens is 406 g/mol. The summed E-state index contributed by atoms with van der Waals surface area (Å²) >= 11 is 1.94. The van der Waals surface area contributed by atoms with Crippen molar-refractivity contribution in [1.29, 1.82) is 0 Å². The van der Waals surface area contributed by atoms with Crippen molar-refractivity contribution in [3.05, 3.63) is 60.4 Å². The third-order valence-corrected chi connectivity index (χ3v) is 8.21. The summed E-state index contributed by atoms with van der Waals surface area (Å²) in [5, 5.41) is 3.90. The minimum Gasteiger partial charge on any atom is -0.412 e. The largest absolute Gasteiger partial charge is 0.412 e. The van der Waals surface area contributed by atoms with Crippen LogP contribution in [0.2, 0.25) is 0 Å². The Labute approximate surface area is 189 Å². The number of nitrogens with one attached hydrogen (secondary N) is 1. The molecule has 2 aliphatic carbocycles. The molecule has 3 aliphatic rings. The quantitative estimate of drug-likeness (QED) is 0.439. The number of rotatable bonds is 7. The van der Waals surface area contributed by atoms with Crippen molar-refractivity contribution in [1.82, 2.24) is 14.9 Å². The molecule has 6 rings (SSSR count). The summed E-state index contributed by atoms with van der Waals surface area (Å²) in [5.74, 6) is 3.37. The zero-order chi connectivity index (χ0) is 19.3. The number of aromatic nitrogens is 2. The van der Waals surface area contributed by atoms with E-state index in [0.717, 1.165) is 29.7 Å². The van der Waals surface area contributed by atoms with Crippen LogP contribution in [-0.4, -0.2) is 37.8 Å². The number of nitrogens with zero attached hydrogens (tertiary/aromatic N) is 2. The van der Waals surface area contributed by atoms with Gasteiger partial charge in [0.1, 0.15) is 5.82 Å². The topological polar surface area (TPSA) is 103 Å². The zero-order valence-electron chi connectivity index (χ0n) is 17.9. The van der Waals surface area contributed by atoms with E-state index in [1.807, 2.05) is 11.8 Å². The van der Waals surface area contributed by atoms with Crippen molar-refractivity contribution in [2.75, 3.05) is 5.75 Å². The maximum atomic E-state index is 5.06. The highest BCUT2D eigenvalue weighted by Gasteiger charge is 2.58. The third-order valence-electron chi connectivity index (χ3n) is 7.20. The summed E-state index contributed by atoms with van der Waals surface area (Å²) in [6.07, 6.45) is 9.28. The molecule has 2 saturated carbocycles. The van der Waals surface area contributed by atoms with E-state index in [2.05, 4.69) is 64.5 Å². The summed E-state index contributed by atoms with van der Waals surface area (Å²) < 4.78 is 2.60. The van der Waals surface area contributed by atoms with E-state index < -0.39 is 0 Å². The van der Waals surface area contributed by atoms with Crippen LogP contribution in [0, 0.1) is 5.92 Å². The first kappa shape index (κ1) is 22.3. The van der Waals surface area contributed by atoms with Gasteiger partial charge in [0.05, 0.1) is 11.0 Å². The second kappa shape index (κ2) is 8.94. The highest BCUT2D eigenvalue weighted by Crippen LogP contribution is 2.52. The lowest BCUT2D eigenvalue weighted by molar-refractivity contribution is 0.323. The highest BCUT2D eigenvalue weighted by atomic mass is 32.2. The second-order valence-electron chi connectivity index (χ2n) is 9.23. The summed E-state index contributed by atoms with van der Waals surface area (Å²) in [6.45, 7) is 0. The van der Waals surface area contributed by atoms with E-state index in [4.69, 9.17) is 4.98 Å². The molecule has 2 heterocycles. The number of hydrogen-bond donors (Lipinski definition) is 1. The standard InChI is InChI=1S/C25H29N3S.2H2O.H2/c1-2-6-20(7-3-1)29-15-13-24-26-21-8-4-5-9-22(21)28(24)19-12-14-25(17-18-10-11-18)23(16-19)27-25;;;/h1-9,18-19,23,27H,10-17H2;2*1H2;1H/t19-,23?,25?;;;/m1.../s1. The molecule has 168 valence electrons. The molecule has 1 aliphatic heterocycles. The Morgan fingerprint density at radius 2 is 1.81 bits per heavy atom. The summed E-state index contributed by atoms with van der Waals surface area (Å²) in [6, 6.07) is 20.8. The molecule has 6 heteroatoms. The van der Waals surface area contributed by atoms with Crippen LogP contribution < -0.4 is 5.32 Å². The number of hydrogen-bond acceptors (Lipinski definition) is 3. The van der Waals surface area contributed by atoms with E-state index in [-0.39, 0.29) is 12.4 Å². The second-order valence-corrected chi connectivity index (χ2v) is 10.4. The van der Waals surface area contributed by atoms with Crippen LogP contribution in [0.5, 0.6) is 0 Å². The van der Waals surface area contributed by atoms with Gasteiger partial charge < -0.3 is 20.8 Å². The van der Waals surface area contributed by atoms with Crippen LogP contribution in [-0.2, 0) is 6.42 Å². The Balaban J connectivity index is 0.000000963. The van der Waals surface area contributed by atoms with E-state index in [9.17, 15) is 0 Å². The molecule has 3 aromatic rings. The lowest BCUT2D eigenvalue weighted by atomic mass is 9.82. The number of thioether (sulfide) groups is 1. The van der Waals surface area contributed by atoms with Gasteiger partial charge >= 0.3 is 0 Å². The smallest absolute Gasteiger partial charge is 0.110 e. The Hall–Kier alpha value is -1.86. The van der Waals surface area contributed by atoms with E-state index >= 15 is 0 Å². The fraction of sp³-hybridized carbons (Fsp3) is 0.480. The lowest BCUT2D eigenvalue weighted by Crippen LogP contribution is -2.28. The molecule has 0 amide bonds. The third kappa shape index (κ3) is 4.40. The number of aryl methyl sites for hydroxylation is 1. The van der Waals surface area contributed by atoms with Crippen LogP contribution >= 0.6 is 11.8 Å². The number of fused-ring (bicyclic) bond motifs is 2. The summed E-state index contributed by atoms with van der Waals surface area (Å²) in [5.41, 5.74) is 2.98. The zero-order valence-corrected chi connectivity index (χ0v) is 18.7. The van der Waals surface area contributed by atoms with Gasteiger partial charge in [0, 0.05) is 36.1 Å². The number of imidazole rings is 1. The van der Waals surface area contributed by atoms with E-state index in [0.29, 0.717) is 11.6 Å². The molecule has 5 N–H and O–H groups in total. The van der Waals surface area contributed by atoms with E-state index in [1.54, 1.807) is 0 Å². The van der Waals surface area contributed by atoms with Crippen molar-refractivity contribution in [2.24, 2.45) is 5.92 Å². The van der Waals surface area contributed by atoms with Crippen molar-refractivity contribution in [3.63, 3.8) is 0 Å². The lowest BCUT2D eigenvalue weighted by Gasteiger charge is -2.29. The van der Waals surface area contributed by atoms with E-state index in [1.165, 1.54) is 54.8 Å². The average Bonchev–Trinajstić information content (AvgIpc) is 3.66. The molecule has 2 unspecified atom stereocenters. The van der Waals surface area contributed by atoms with Crippen molar-refractivity contribution < 1.29 is 12.4 Å². The van der Waals surface area contributed by atoms with Crippen LogP contribution in [0.3, 0.4) is 0 Å². The molecule has 5 nitrogen and oxygen atoms in total. The van der Waals surface area contributed by atoms with Gasteiger partial charge in [0.2, 0.25) is 0 Å². The van der Waals surface area contributed by atoms with Crippen LogP contribution in [0.4, 0.5) is 0 Å². The van der Waals surface area contributed by atoms with Crippen LogP contribution in [0.25, 0.3) is 11.0 Å². The van der Waals surface area contributed by atoms with Gasteiger partial charge in [-0.1, -0.05) is 43.2 Å². The van der Waals surface area contributed by atoms with Gasteiger partial charge in [-0.25, -0.2) is 4.98 Å². The first-order valence-corrected chi connectivity index (χ1v) is 12.2. The SMILES string of the molecule is O.O.[HH].c1ccc(SCCc2nc3ccccc3n2[C@@H]2CCC3(CC4CC4)NC3C2)cc1.